The molecule has 1 heterocycles. The Hall–Kier alpha value is -0.870. The number of aromatic nitrogens is 2. The molecule has 7 heavy (non-hydrogen) atoms. The van der Waals surface area contributed by atoms with Crippen LogP contribution in [0, 0.1) is 0 Å². The minimum Gasteiger partial charge on any atom is -0.351 e. The van der Waals surface area contributed by atoms with Gasteiger partial charge in [-0.05, 0) is 0 Å². The van der Waals surface area contributed by atoms with Gasteiger partial charge in [0.05, 0.1) is 6.33 Å². The first-order chi connectivity index (χ1) is 3.50. The van der Waals surface area contributed by atoms with Crippen LogP contribution >= 0.6 is 0 Å². The number of nitrogens with one attached hydrogen (secondary N) is 1. The van der Waals surface area contributed by atoms with Gasteiger partial charge in [0.15, 0.2) is 0 Å². The molecule has 0 unspecified atom stereocenters. The Labute approximate surface area is 41.0 Å². The molecular weight excluding hydrogens is 94.1 g/mol. The summed E-state index contributed by atoms with van der Waals surface area (Å²) in [4.78, 5) is 6.42. The molecule has 0 saturated heterocycles. The van der Waals surface area contributed by atoms with Crippen molar-refractivity contribution < 1.29 is 5.21 Å². The highest BCUT2D eigenvalue weighted by Crippen LogP contribution is 1.62. The average Bonchev–Trinajstić information content (AvgIpc) is 2.23. The van der Waals surface area contributed by atoms with Crippen molar-refractivity contribution in [3.8, 4) is 0 Å². The summed E-state index contributed by atoms with van der Waals surface area (Å²) in [5.74, 6) is 6.00. The fourth-order valence-corrected chi connectivity index (χ4v) is 0.215. The summed E-state index contributed by atoms with van der Waals surface area (Å²) in [5, 5.41) is 6.00. The van der Waals surface area contributed by atoms with Crippen LogP contribution in [0.2, 0.25) is 0 Å². The highest BCUT2D eigenvalue weighted by atomic mass is 16.4. The van der Waals surface area contributed by atoms with E-state index >= 15 is 0 Å². The van der Waals surface area contributed by atoms with Gasteiger partial charge in [0.1, 0.15) is 0 Å². The number of hydrogen-bond donors (Lipinski definition) is 2. The molecular formula is C3H5N3O. The van der Waals surface area contributed by atoms with Crippen LogP contribution < -0.4 is 5.90 Å². The van der Waals surface area contributed by atoms with Gasteiger partial charge < -0.3 is 4.98 Å². The molecule has 0 amide bonds. The number of nitrogens with zero attached hydrogens (tertiary/aromatic N) is 2. The van der Waals surface area contributed by atoms with E-state index < -0.39 is 0 Å². The molecule has 1 rings (SSSR count). The molecule has 0 aromatic carbocycles. The zero-order chi connectivity index (χ0) is 5.54. The van der Waals surface area contributed by atoms with Crippen molar-refractivity contribution in [3.63, 3.8) is 0 Å². The minimum atomic E-state index is 1.62. The standard InChI is InChI=1S/C3H4N2.HNO/c1-2-5-3-4-1;1-2/h1-3H,(H,4,5);2H. The normalized spacial score (nSPS) is 6.57. The molecule has 0 aliphatic heterocycles. The monoisotopic (exact) mass is 99.0 g/mol. The first-order valence-electron chi connectivity index (χ1n) is 1.63. The number of rotatable bonds is 0. The van der Waals surface area contributed by atoms with Gasteiger partial charge in [0.2, 0.25) is 0 Å². The van der Waals surface area contributed by atoms with Crippen molar-refractivity contribution in [1.29, 1.82) is 0 Å². The Morgan fingerprint density at radius 2 is 2.29 bits per heavy atom. The van der Waals surface area contributed by atoms with Crippen LogP contribution in [-0.2, 0) is 0 Å². The highest BCUT2D eigenvalue weighted by molar-refractivity contribution is 4.64. The largest absolute Gasteiger partial charge is 0.351 e. The molecule has 0 bridgehead atoms. The fraction of sp³-hybridized carbons (Fsp3) is 0. The Morgan fingerprint density at radius 1 is 1.57 bits per heavy atom. The fourth-order valence-electron chi connectivity index (χ4n) is 0.215. The van der Waals surface area contributed by atoms with Gasteiger partial charge in [0, 0.05) is 18.3 Å². The number of imidazole rings is 1. The third-order valence-corrected chi connectivity index (χ3v) is 0.406. The Morgan fingerprint density at radius 3 is 2.43 bits per heavy atom. The zero-order valence-electron chi connectivity index (χ0n) is 3.57. The number of H-pyrrole nitrogens is 1. The Balaban J connectivity index is 0.000000162. The second kappa shape index (κ2) is 5.13. The van der Waals surface area contributed by atoms with E-state index in [-0.39, 0.29) is 0 Å². The first-order valence-corrected chi connectivity index (χ1v) is 1.63. The molecule has 0 saturated carbocycles. The predicted octanol–water partition coefficient (Wildman–Crippen LogP) is -0.146. The minimum absolute atomic E-state index is 1.62. The van der Waals surface area contributed by atoms with E-state index in [9.17, 15) is 0 Å². The summed E-state index contributed by atoms with van der Waals surface area (Å²) < 4.78 is 0. The number of aromatic amines is 1. The maximum absolute atomic E-state index is 6.00. The summed E-state index contributed by atoms with van der Waals surface area (Å²) in [7, 11) is 0. The van der Waals surface area contributed by atoms with Crippen molar-refractivity contribution >= 4 is 0 Å². The molecule has 1 aromatic rings. The summed E-state index contributed by atoms with van der Waals surface area (Å²) in [6.45, 7) is 0. The van der Waals surface area contributed by atoms with Crippen LogP contribution in [0.25, 0.3) is 0 Å². The summed E-state index contributed by atoms with van der Waals surface area (Å²) in [6, 6.07) is 0. The quantitative estimate of drug-likeness (QED) is 0.444. The molecule has 4 heteroatoms. The lowest BCUT2D eigenvalue weighted by atomic mass is 11.0. The lowest BCUT2D eigenvalue weighted by molar-refractivity contribution is 0.283. The van der Waals surface area contributed by atoms with Crippen LogP contribution in [0.15, 0.2) is 18.7 Å². The third kappa shape index (κ3) is 2.95. The third-order valence-electron chi connectivity index (χ3n) is 0.406. The van der Waals surface area contributed by atoms with Crippen LogP contribution in [0.3, 0.4) is 0 Å². The van der Waals surface area contributed by atoms with Crippen molar-refractivity contribution in [2.45, 2.75) is 0 Å². The maximum atomic E-state index is 6.00. The average molecular weight is 99.1 g/mol. The SMILES string of the molecule is [N]O.c1c[nH]cn1. The lowest BCUT2D eigenvalue weighted by Crippen LogP contribution is -1.44. The molecule has 0 aliphatic carbocycles. The molecule has 4 nitrogen and oxygen atoms in total. The van der Waals surface area contributed by atoms with Crippen molar-refractivity contribution in [2.24, 2.45) is 0 Å². The second-order valence-corrected chi connectivity index (χ2v) is 0.761. The molecule has 0 atom stereocenters. The van der Waals surface area contributed by atoms with Crippen LogP contribution in [-0.4, -0.2) is 15.2 Å². The zero-order valence-corrected chi connectivity index (χ0v) is 3.57. The summed E-state index contributed by atoms with van der Waals surface area (Å²) in [6.07, 6.45) is 5.08. The van der Waals surface area contributed by atoms with E-state index in [1.165, 1.54) is 0 Å². The van der Waals surface area contributed by atoms with Crippen LogP contribution in [0.5, 0.6) is 0 Å². The maximum Gasteiger partial charge on any atom is 0.0919 e. The van der Waals surface area contributed by atoms with Gasteiger partial charge in [-0.1, -0.05) is 0 Å². The molecule has 2 N–H and O–H groups in total. The molecule has 2 radical (unpaired) electrons. The van der Waals surface area contributed by atoms with Gasteiger partial charge in [-0.2, -0.15) is 0 Å². The number of hydrogen-bond acceptors (Lipinski definition) is 2. The first kappa shape index (κ1) is 6.13. The van der Waals surface area contributed by atoms with E-state index in [0.717, 1.165) is 0 Å². The van der Waals surface area contributed by atoms with Crippen LogP contribution in [0.4, 0.5) is 0 Å². The topological polar surface area (TPSA) is 71.2 Å². The molecule has 0 spiro atoms. The van der Waals surface area contributed by atoms with E-state index in [2.05, 4.69) is 9.97 Å². The van der Waals surface area contributed by atoms with Gasteiger partial charge in [-0.15, -0.1) is 0 Å². The predicted molar refractivity (Wildman–Crippen MR) is 22.5 cm³/mol. The van der Waals surface area contributed by atoms with E-state index in [0.29, 0.717) is 0 Å². The van der Waals surface area contributed by atoms with Crippen LogP contribution in [0.1, 0.15) is 0 Å². The molecule has 0 fully saturated rings. The Kier molecular flexibility index (Phi) is 4.49. The molecule has 0 aliphatic rings. The van der Waals surface area contributed by atoms with Gasteiger partial charge >= 0.3 is 0 Å². The summed E-state index contributed by atoms with van der Waals surface area (Å²) in [5.41, 5.74) is 0. The summed E-state index contributed by atoms with van der Waals surface area (Å²) >= 11 is 0. The smallest absolute Gasteiger partial charge is 0.0919 e. The van der Waals surface area contributed by atoms with Gasteiger partial charge in [-0.3, -0.25) is 5.21 Å². The molecule has 1 aromatic heterocycles. The van der Waals surface area contributed by atoms with Gasteiger partial charge in [-0.25, -0.2) is 4.98 Å². The second-order valence-electron chi connectivity index (χ2n) is 0.761. The van der Waals surface area contributed by atoms with Crippen molar-refractivity contribution in [2.75, 3.05) is 0 Å². The molecule has 38 valence electrons. The van der Waals surface area contributed by atoms with Crippen molar-refractivity contribution in [3.05, 3.63) is 18.7 Å². The van der Waals surface area contributed by atoms with Gasteiger partial charge in [0.25, 0.3) is 0 Å². The lowest BCUT2D eigenvalue weighted by Gasteiger charge is -1.46. The van der Waals surface area contributed by atoms with Crippen molar-refractivity contribution in [1.82, 2.24) is 15.9 Å². The Bertz CT molecular complexity index is 66.7. The van der Waals surface area contributed by atoms with E-state index in [1.54, 1.807) is 18.7 Å². The van der Waals surface area contributed by atoms with E-state index in [4.69, 9.17) is 11.1 Å². The highest BCUT2D eigenvalue weighted by Gasteiger charge is 1.56. The van der Waals surface area contributed by atoms with E-state index in [1.807, 2.05) is 0 Å².